The fourth-order valence-corrected chi connectivity index (χ4v) is 3.93. The SMILES string of the molecule is CC(C)(C)N=C1Nc2ccccc2NC12CCCN(C(=O)c1cccnc1)C2. The van der Waals surface area contributed by atoms with Gasteiger partial charge in [-0.2, -0.15) is 0 Å². The van der Waals surface area contributed by atoms with Crippen molar-refractivity contribution < 1.29 is 4.79 Å². The van der Waals surface area contributed by atoms with Crippen LogP contribution in [0.2, 0.25) is 0 Å². The Hall–Kier alpha value is -2.89. The first-order valence-corrected chi connectivity index (χ1v) is 9.80. The molecule has 1 unspecified atom stereocenters. The molecule has 3 heterocycles. The lowest BCUT2D eigenvalue weighted by molar-refractivity contribution is 0.0694. The third-order valence-corrected chi connectivity index (χ3v) is 5.14. The monoisotopic (exact) mass is 377 g/mol. The van der Waals surface area contributed by atoms with Crippen LogP contribution in [0.4, 0.5) is 11.4 Å². The summed E-state index contributed by atoms with van der Waals surface area (Å²) in [4.78, 5) is 24.1. The lowest BCUT2D eigenvalue weighted by Gasteiger charge is -2.47. The first-order valence-electron chi connectivity index (χ1n) is 9.80. The largest absolute Gasteiger partial charge is 0.370 e. The molecule has 0 bridgehead atoms. The summed E-state index contributed by atoms with van der Waals surface area (Å²) in [5, 5.41) is 7.27. The normalized spacial score (nSPS) is 23.1. The van der Waals surface area contributed by atoms with E-state index in [1.54, 1.807) is 18.5 Å². The Morgan fingerprint density at radius 2 is 1.96 bits per heavy atom. The molecule has 1 amide bonds. The van der Waals surface area contributed by atoms with Crippen LogP contribution < -0.4 is 10.6 Å². The van der Waals surface area contributed by atoms with Crippen LogP contribution in [0.15, 0.2) is 53.8 Å². The predicted octanol–water partition coefficient (Wildman–Crippen LogP) is 3.79. The van der Waals surface area contributed by atoms with E-state index in [4.69, 9.17) is 4.99 Å². The number of likely N-dealkylation sites (tertiary alicyclic amines) is 1. The number of amides is 1. The highest BCUT2D eigenvalue weighted by atomic mass is 16.2. The van der Waals surface area contributed by atoms with Crippen LogP contribution >= 0.6 is 0 Å². The van der Waals surface area contributed by atoms with Gasteiger partial charge in [0.15, 0.2) is 0 Å². The Morgan fingerprint density at radius 1 is 1.18 bits per heavy atom. The van der Waals surface area contributed by atoms with E-state index in [0.29, 0.717) is 12.1 Å². The number of hydrogen-bond acceptors (Lipinski definition) is 4. The van der Waals surface area contributed by atoms with Crippen molar-refractivity contribution in [3.8, 4) is 0 Å². The number of nitrogens with one attached hydrogen (secondary N) is 2. The van der Waals surface area contributed by atoms with E-state index in [-0.39, 0.29) is 11.4 Å². The van der Waals surface area contributed by atoms with E-state index in [2.05, 4.69) is 48.5 Å². The van der Waals surface area contributed by atoms with Crippen LogP contribution in [0, 0.1) is 0 Å². The lowest BCUT2D eigenvalue weighted by atomic mass is 9.84. The summed E-state index contributed by atoms with van der Waals surface area (Å²) < 4.78 is 0. The summed E-state index contributed by atoms with van der Waals surface area (Å²) in [6.45, 7) is 7.59. The molecular weight excluding hydrogens is 350 g/mol. The number of nitrogens with zero attached hydrogens (tertiary/aromatic N) is 3. The quantitative estimate of drug-likeness (QED) is 0.793. The number of aliphatic imine (C=N–C) groups is 1. The van der Waals surface area contributed by atoms with E-state index < -0.39 is 5.54 Å². The van der Waals surface area contributed by atoms with E-state index in [1.165, 1.54) is 0 Å². The Balaban J connectivity index is 1.70. The third-order valence-electron chi connectivity index (χ3n) is 5.14. The predicted molar refractivity (Wildman–Crippen MR) is 113 cm³/mol. The van der Waals surface area contributed by atoms with E-state index in [1.807, 2.05) is 23.1 Å². The van der Waals surface area contributed by atoms with Gasteiger partial charge in [-0.15, -0.1) is 0 Å². The maximum Gasteiger partial charge on any atom is 0.255 e. The number of para-hydroxylation sites is 2. The molecule has 1 saturated heterocycles. The molecular formula is C22H27N5O. The smallest absolute Gasteiger partial charge is 0.255 e. The number of pyridine rings is 1. The van der Waals surface area contributed by atoms with Gasteiger partial charge in [-0.05, 0) is 57.9 Å². The molecule has 4 rings (SSSR count). The molecule has 1 fully saturated rings. The molecule has 0 radical (unpaired) electrons. The number of benzene rings is 1. The van der Waals surface area contributed by atoms with E-state index in [0.717, 1.165) is 36.6 Å². The molecule has 2 aliphatic rings. The number of anilines is 2. The number of amidine groups is 1. The van der Waals surface area contributed by atoms with Crippen molar-refractivity contribution in [3.63, 3.8) is 0 Å². The molecule has 1 aromatic heterocycles. The summed E-state index contributed by atoms with van der Waals surface area (Å²) >= 11 is 0. The summed E-state index contributed by atoms with van der Waals surface area (Å²) in [5.74, 6) is 0.922. The number of piperidine rings is 1. The molecule has 2 aromatic rings. The number of hydrogen-bond donors (Lipinski definition) is 2. The summed E-state index contributed by atoms with van der Waals surface area (Å²) in [6, 6.07) is 11.8. The van der Waals surface area contributed by atoms with Crippen molar-refractivity contribution in [2.24, 2.45) is 4.99 Å². The van der Waals surface area contributed by atoms with Gasteiger partial charge < -0.3 is 15.5 Å². The average molecular weight is 377 g/mol. The Bertz CT molecular complexity index is 903. The molecule has 6 heteroatoms. The van der Waals surface area contributed by atoms with Crippen molar-refractivity contribution in [2.45, 2.75) is 44.7 Å². The average Bonchev–Trinajstić information content (AvgIpc) is 2.68. The molecule has 28 heavy (non-hydrogen) atoms. The number of carbonyl (C=O) groups excluding carboxylic acids is 1. The first kappa shape index (κ1) is 18.5. The van der Waals surface area contributed by atoms with Crippen LogP contribution in [0.5, 0.6) is 0 Å². The standard InChI is InChI=1S/C22H27N5O/c1-21(2,3)26-20-22(25-18-10-5-4-9-17(18)24-20)11-7-13-27(15-22)19(28)16-8-6-12-23-14-16/h4-6,8-10,12,14,25H,7,11,13,15H2,1-3H3,(H,24,26). The molecule has 1 atom stereocenters. The van der Waals surface area contributed by atoms with Gasteiger partial charge in [0.1, 0.15) is 11.4 Å². The molecule has 146 valence electrons. The highest BCUT2D eigenvalue weighted by Crippen LogP contribution is 2.37. The molecule has 0 saturated carbocycles. The fourth-order valence-electron chi connectivity index (χ4n) is 3.93. The van der Waals surface area contributed by atoms with Crippen molar-refractivity contribution in [2.75, 3.05) is 23.7 Å². The summed E-state index contributed by atoms with van der Waals surface area (Å²) in [6.07, 6.45) is 5.15. The minimum absolute atomic E-state index is 0.0166. The second-order valence-corrected chi connectivity index (χ2v) is 8.58. The number of fused-ring (bicyclic) bond motifs is 1. The van der Waals surface area contributed by atoms with Crippen molar-refractivity contribution in [1.82, 2.24) is 9.88 Å². The van der Waals surface area contributed by atoms with Gasteiger partial charge in [-0.25, -0.2) is 0 Å². The van der Waals surface area contributed by atoms with Gasteiger partial charge in [-0.3, -0.25) is 14.8 Å². The number of aromatic nitrogens is 1. The maximum atomic E-state index is 13.1. The zero-order chi connectivity index (χ0) is 19.8. The Morgan fingerprint density at radius 3 is 2.68 bits per heavy atom. The molecule has 1 aromatic carbocycles. The highest BCUT2D eigenvalue weighted by Gasteiger charge is 2.45. The van der Waals surface area contributed by atoms with Crippen LogP contribution in [-0.2, 0) is 0 Å². The van der Waals surface area contributed by atoms with Crippen molar-refractivity contribution in [3.05, 3.63) is 54.4 Å². The van der Waals surface area contributed by atoms with Gasteiger partial charge >= 0.3 is 0 Å². The van der Waals surface area contributed by atoms with Gasteiger partial charge in [0.2, 0.25) is 0 Å². The van der Waals surface area contributed by atoms with Crippen LogP contribution in [0.25, 0.3) is 0 Å². The topological polar surface area (TPSA) is 69.6 Å². The number of rotatable bonds is 1. The van der Waals surface area contributed by atoms with Crippen molar-refractivity contribution >= 4 is 23.1 Å². The maximum absolute atomic E-state index is 13.1. The molecule has 6 nitrogen and oxygen atoms in total. The summed E-state index contributed by atoms with van der Waals surface area (Å²) in [5.41, 5.74) is 2.05. The van der Waals surface area contributed by atoms with Crippen LogP contribution in [0.1, 0.15) is 44.0 Å². The van der Waals surface area contributed by atoms with Gasteiger partial charge in [0.25, 0.3) is 5.91 Å². The zero-order valence-corrected chi connectivity index (χ0v) is 16.7. The minimum Gasteiger partial charge on any atom is -0.370 e. The zero-order valence-electron chi connectivity index (χ0n) is 16.7. The van der Waals surface area contributed by atoms with E-state index in [9.17, 15) is 4.79 Å². The van der Waals surface area contributed by atoms with Crippen LogP contribution in [0.3, 0.4) is 0 Å². The number of carbonyl (C=O) groups is 1. The summed E-state index contributed by atoms with van der Waals surface area (Å²) in [7, 11) is 0. The fraction of sp³-hybridized carbons (Fsp3) is 0.409. The second kappa shape index (κ2) is 6.93. The lowest BCUT2D eigenvalue weighted by Crippen LogP contribution is -2.63. The molecule has 0 aliphatic carbocycles. The molecule has 2 N–H and O–H groups in total. The van der Waals surface area contributed by atoms with Crippen LogP contribution in [-0.4, -0.2) is 45.8 Å². The minimum atomic E-state index is -0.419. The van der Waals surface area contributed by atoms with Gasteiger partial charge in [0.05, 0.1) is 29.0 Å². The van der Waals surface area contributed by atoms with Gasteiger partial charge in [-0.1, -0.05) is 12.1 Å². The Kier molecular flexibility index (Phi) is 4.57. The molecule has 1 spiro atoms. The Labute approximate surface area is 166 Å². The molecule has 2 aliphatic heterocycles. The first-order chi connectivity index (χ1) is 13.4. The van der Waals surface area contributed by atoms with Crippen molar-refractivity contribution in [1.29, 1.82) is 0 Å². The van der Waals surface area contributed by atoms with Gasteiger partial charge in [0, 0.05) is 18.9 Å². The third kappa shape index (κ3) is 3.59. The highest BCUT2D eigenvalue weighted by molar-refractivity contribution is 6.10. The second-order valence-electron chi connectivity index (χ2n) is 8.58. The van der Waals surface area contributed by atoms with E-state index >= 15 is 0 Å².